The molecule has 3 heteroatoms. The second kappa shape index (κ2) is 7.61. The van der Waals surface area contributed by atoms with E-state index in [0.29, 0.717) is 6.04 Å². The molecule has 1 atom stereocenters. The maximum atomic E-state index is 13.1. The van der Waals surface area contributed by atoms with Crippen LogP contribution in [-0.2, 0) is 0 Å². The number of benzene rings is 1. The van der Waals surface area contributed by atoms with Gasteiger partial charge < -0.3 is 5.32 Å². The molecule has 1 aromatic rings. The molecule has 0 aromatic heterocycles. The number of hydrogen-bond donors (Lipinski definition) is 1. The van der Waals surface area contributed by atoms with E-state index in [1.54, 1.807) is 12.1 Å². The number of hydrogen-bond acceptors (Lipinski definition) is 2. The van der Waals surface area contributed by atoms with Gasteiger partial charge in [0.15, 0.2) is 0 Å². The van der Waals surface area contributed by atoms with Crippen LogP contribution >= 0.6 is 0 Å². The molecule has 0 aliphatic carbocycles. The fourth-order valence-corrected chi connectivity index (χ4v) is 2.82. The Bertz CT molecular complexity index is 356. The van der Waals surface area contributed by atoms with Crippen LogP contribution in [0.3, 0.4) is 0 Å². The molecule has 1 aliphatic rings. The normalized spacial score (nSPS) is 19.1. The molecule has 1 aliphatic heterocycles. The van der Waals surface area contributed by atoms with E-state index in [9.17, 15) is 4.39 Å². The summed E-state index contributed by atoms with van der Waals surface area (Å²) in [6.45, 7) is 6.63. The standard InChI is InChI=1S/C16H25FN2/c1-2-3-5-16(14-6-8-15(17)9-7-14)19-12-4-10-18-11-13-19/h6-9,16,18H,2-5,10-13H2,1H3. The van der Waals surface area contributed by atoms with Gasteiger partial charge in [-0.3, -0.25) is 4.90 Å². The third kappa shape index (κ3) is 4.29. The summed E-state index contributed by atoms with van der Waals surface area (Å²) >= 11 is 0. The summed E-state index contributed by atoms with van der Waals surface area (Å²) in [5, 5.41) is 3.45. The maximum absolute atomic E-state index is 13.1. The van der Waals surface area contributed by atoms with Gasteiger partial charge in [0, 0.05) is 25.7 Å². The molecule has 0 spiro atoms. The predicted molar refractivity (Wildman–Crippen MR) is 77.7 cm³/mol. The number of halogens is 1. The first-order valence-corrected chi connectivity index (χ1v) is 7.51. The molecule has 1 saturated heterocycles. The van der Waals surface area contributed by atoms with Gasteiger partial charge in [0.25, 0.3) is 0 Å². The lowest BCUT2D eigenvalue weighted by Crippen LogP contribution is -2.32. The summed E-state index contributed by atoms with van der Waals surface area (Å²) < 4.78 is 13.1. The second-order valence-corrected chi connectivity index (χ2v) is 5.35. The second-order valence-electron chi connectivity index (χ2n) is 5.35. The molecule has 0 saturated carbocycles. The molecule has 2 rings (SSSR count). The minimum atomic E-state index is -0.143. The average Bonchev–Trinajstić information content (AvgIpc) is 2.70. The molecular weight excluding hydrogens is 239 g/mol. The third-order valence-corrected chi connectivity index (χ3v) is 3.90. The SMILES string of the molecule is CCCCC(c1ccc(F)cc1)N1CCCNCC1. The Hall–Kier alpha value is -0.930. The van der Waals surface area contributed by atoms with Gasteiger partial charge in [-0.15, -0.1) is 0 Å². The van der Waals surface area contributed by atoms with Crippen molar-refractivity contribution in [3.8, 4) is 0 Å². The third-order valence-electron chi connectivity index (χ3n) is 3.90. The van der Waals surface area contributed by atoms with Crippen molar-refractivity contribution in [1.29, 1.82) is 0 Å². The predicted octanol–water partition coefficient (Wildman–Crippen LogP) is 3.35. The number of nitrogens with zero attached hydrogens (tertiary/aromatic N) is 1. The summed E-state index contributed by atoms with van der Waals surface area (Å²) in [4.78, 5) is 2.56. The van der Waals surface area contributed by atoms with E-state index >= 15 is 0 Å². The molecule has 1 heterocycles. The summed E-state index contributed by atoms with van der Waals surface area (Å²) in [5.41, 5.74) is 1.26. The van der Waals surface area contributed by atoms with Crippen molar-refractivity contribution in [2.75, 3.05) is 26.2 Å². The van der Waals surface area contributed by atoms with Crippen molar-refractivity contribution in [3.63, 3.8) is 0 Å². The Morgan fingerprint density at radius 3 is 2.74 bits per heavy atom. The quantitative estimate of drug-likeness (QED) is 0.877. The Labute approximate surface area is 116 Å². The lowest BCUT2D eigenvalue weighted by atomic mass is 9.99. The highest BCUT2D eigenvalue weighted by molar-refractivity contribution is 5.20. The van der Waals surface area contributed by atoms with Crippen LogP contribution in [-0.4, -0.2) is 31.1 Å². The van der Waals surface area contributed by atoms with E-state index in [4.69, 9.17) is 0 Å². The molecule has 2 nitrogen and oxygen atoms in total. The molecular formula is C16H25FN2. The lowest BCUT2D eigenvalue weighted by Gasteiger charge is -2.31. The van der Waals surface area contributed by atoms with Gasteiger partial charge in [0.2, 0.25) is 0 Å². The molecule has 0 amide bonds. The number of rotatable bonds is 5. The summed E-state index contributed by atoms with van der Waals surface area (Å²) in [6, 6.07) is 7.52. The van der Waals surface area contributed by atoms with Gasteiger partial charge in [0.1, 0.15) is 5.82 Å². The Balaban J connectivity index is 2.11. The van der Waals surface area contributed by atoms with Crippen LogP contribution in [0.4, 0.5) is 4.39 Å². The molecule has 1 unspecified atom stereocenters. The van der Waals surface area contributed by atoms with E-state index in [1.807, 2.05) is 12.1 Å². The van der Waals surface area contributed by atoms with Crippen LogP contribution in [0.5, 0.6) is 0 Å². The summed E-state index contributed by atoms with van der Waals surface area (Å²) in [7, 11) is 0. The Morgan fingerprint density at radius 1 is 1.21 bits per heavy atom. The minimum absolute atomic E-state index is 0.143. The Kier molecular flexibility index (Phi) is 5.80. The minimum Gasteiger partial charge on any atom is -0.315 e. The maximum Gasteiger partial charge on any atom is 0.123 e. The first-order chi connectivity index (χ1) is 9.31. The highest BCUT2D eigenvalue weighted by Gasteiger charge is 2.20. The first-order valence-electron chi connectivity index (χ1n) is 7.51. The van der Waals surface area contributed by atoms with Gasteiger partial charge in [0.05, 0.1) is 0 Å². The van der Waals surface area contributed by atoms with E-state index in [1.165, 1.54) is 31.2 Å². The van der Waals surface area contributed by atoms with Gasteiger partial charge in [-0.05, 0) is 37.1 Å². The molecule has 106 valence electrons. The molecule has 1 aromatic carbocycles. The van der Waals surface area contributed by atoms with Crippen molar-refractivity contribution in [2.45, 2.75) is 38.6 Å². The largest absolute Gasteiger partial charge is 0.315 e. The molecule has 19 heavy (non-hydrogen) atoms. The van der Waals surface area contributed by atoms with E-state index in [0.717, 1.165) is 26.2 Å². The fourth-order valence-electron chi connectivity index (χ4n) is 2.82. The molecule has 1 N–H and O–H groups in total. The molecule has 1 fully saturated rings. The van der Waals surface area contributed by atoms with Crippen LogP contribution in [0.25, 0.3) is 0 Å². The smallest absolute Gasteiger partial charge is 0.123 e. The van der Waals surface area contributed by atoms with Gasteiger partial charge in [-0.25, -0.2) is 4.39 Å². The van der Waals surface area contributed by atoms with Crippen LogP contribution < -0.4 is 5.32 Å². The van der Waals surface area contributed by atoms with Gasteiger partial charge in [-0.2, -0.15) is 0 Å². The average molecular weight is 264 g/mol. The van der Waals surface area contributed by atoms with E-state index in [2.05, 4.69) is 17.1 Å². The zero-order valence-electron chi connectivity index (χ0n) is 11.9. The van der Waals surface area contributed by atoms with E-state index in [-0.39, 0.29) is 5.82 Å². The zero-order chi connectivity index (χ0) is 13.5. The highest BCUT2D eigenvalue weighted by Crippen LogP contribution is 2.27. The van der Waals surface area contributed by atoms with Crippen molar-refractivity contribution in [1.82, 2.24) is 10.2 Å². The molecule has 0 radical (unpaired) electrons. The van der Waals surface area contributed by atoms with Crippen molar-refractivity contribution < 1.29 is 4.39 Å². The van der Waals surface area contributed by atoms with Crippen molar-refractivity contribution >= 4 is 0 Å². The molecule has 0 bridgehead atoms. The first kappa shape index (κ1) is 14.5. The van der Waals surface area contributed by atoms with E-state index < -0.39 is 0 Å². The van der Waals surface area contributed by atoms with Crippen LogP contribution in [0.1, 0.15) is 44.2 Å². The van der Waals surface area contributed by atoms with Gasteiger partial charge >= 0.3 is 0 Å². The van der Waals surface area contributed by atoms with Crippen molar-refractivity contribution in [3.05, 3.63) is 35.6 Å². The van der Waals surface area contributed by atoms with Crippen LogP contribution in [0.15, 0.2) is 24.3 Å². The monoisotopic (exact) mass is 264 g/mol. The zero-order valence-corrected chi connectivity index (χ0v) is 11.9. The highest BCUT2D eigenvalue weighted by atomic mass is 19.1. The summed E-state index contributed by atoms with van der Waals surface area (Å²) in [5.74, 6) is -0.143. The number of unbranched alkanes of at least 4 members (excludes halogenated alkanes) is 1. The van der Waals surface area contributed by atoms with Gasteiger partial charge in [-0.1, -0.05) is 31.9 Å². The van der Waals surface area contributed by atoms with Crippen LogP contribution in [0, 0.1) is 5.82 Å². The lowest BCUT2D eigenvalue weighted by molar-refractivity contribution is 0.197. The fraction of sp³-hybridized carbons (Fsp3) is 0.625. The van der Waals surface area contributed by atoms with Crippen molar-refractivity contribution in [2.24, 2.45) is 0 Å². The Morgan fingerprint density at radius 2 is 2.00 bits per heavy atom. The number of nitrogens with one attached hydrogen (secondary N) is 1. The van der Waals surface area contributed by atoms with Crippen LogP contribution in [0.2, 0.25) is 0 Å². The topological polar surface area (TPSA) is 15.3 Å². The summed E-state index contributed by atoms with van der Waals surface area (Å²) in [6.07, 6.45) is 4.81.